The number of ether oxygens (including phenoxy) is 1. The van der Waals surface area contributed by atoms with Gasteiger partial charge in [0.05, 0.1) is 0 Å². The van der Waals surface area contributed by atoms with Gasteiger partial charge in [-0.15, -0.1) is 10.2 Å². The summed E-state index contributed by atoms with van der Waals surface area (Å²) in [5, 5.41) is 0. The molecule has 3 rings (SSSR count). The largest absolute Gasteiger partial charge is 0.446 e. The molecule has 1 radical (unpaired) electrons. The molecule has 0 saturated carbocycles. The van der Waals surface area contributed by atoms with E-state index in [4.69, 9.17) is 23.4 Å². The maximum absolute atomic E-state index is 8.49. The zero-order chi connectivity index (χ0) is 13.9. The lowest BCUT2D eigenvalue weighted by Gasteiger charge is -2.17. The van der Waals surface area contributed by atoms with E-state index in [1.54, 1.807) is 11.8 Å². The number of hydrogen-bond donors (Lipinski definition) is 0. The standard InChI is InChI=1S/C12H8OS.ClHO4/c1-3-7-11-9(5-1)13-10-6-2-4-8-12(10)14-11;2-1(3,4)5/h1-8H;(H,2,3,4,5)/q+1;/p-1. The molecule has 2 aromatic rings. The molecule has 0 aliphatic carbocycles. The van der Waals surface area contributed by atoms with Gasteiger partial charge in [-0.1, -0.05) is 24.3 Å². The van der Waals surface area contributed by atoms with Crippen LogP contribution in [0.15, 0.2) is 58.3 Å². The maximum atomic E-state index is 8.49. The summed E-state index contributed by atoms with van der Waals surface area (Å²) in [6.07, 6.45) is 0. The predicted molar refractivity (Wildman–Crippen MR) is 56.9 cm³/mol. The van der Waals surface area contributed by atoms with Crippen LogP contribution in [0, 0.1) is 10.2 Å². The molecule has 0 unspecified atom stereocenters. The monoisotopic (exact) mass is 299 g/mol. The Labute approximate surface area is 115 Å². The number of fused-ring (bicyclic) bond motifs is 2. The molecule has 0 spiro atoms. The Balaban J connectivity index is 0.000000232. The fourth-order valence-corrected chi connectivity index (χ4v) is 2.43. The summed E-state index contributed by atoms with van der Waals surface area (Å²) >= 11 is 1.76. The van der Waals surface area contributed by atoms with Gasteiger partial charge in [0.25, 0.3) is 21.6 Å². The van der Waals surface area contributed by atoms with Crippen molar-refractivity contribution in [1.82, 2.24) is 0 Å². The van der Waals surface area contributed by atoms with Crippen molar-refractivity contribution in [2.75, 3.05) is 0 Å². The van der Waals surface area contributed by atoms with Crippen LogP contribution in [0.3, 0.4) is 0 Å². The summed E-state index contributed by atoms with van der Waals surface area (Å²) in [6.45, 7) is 0. The van der Waals surface area contributed by atoms with Gasteiger partial charge in [0.1, 0.15) is 0 Å². The lowest BCUT2D eigenvalue weighted by molar-refractivity contribution is -2.00. The molecule has 99 valence electrons. The van der Waals surface area contributed by atoms with Crippen molar-refractivity contribution in [1.29, 1.82) is 0 Å². The first-order valence-corrected chi connectivity index (χ1v) is 7.14. The van der Waals surface area contributed by atoms with Crippen molar-refractivity contribution in [2.24, 2.45) is 0 Å². The van der Waals surface area contributed by atoms with Crippen LogP contribution in [0.1, 0.15) is 0 Å². The van der Waals surface area contributed by atoms with Crippen LogP contribution in [0.4, 0.5) is 0 Å². The molecule has 0 bridgehead atoms. The van der Waals surface area contributed by atoms with Gasteiger partial charge in [-0.25, -0.2) is 18.6 Å². The predicted octanol–water partition coefficient (Wildman–Crippen LogP) is -1.46. The third-order valence-electron chi connectivity index (χ3n) is 2.14. The molecule has 0 aromatic heterocycles. The van der Waals surface area contributed by atoms with E-state index in [2.05, 4.69) is 12.1 Å². The molecule has 1 heterocycles. The van der Waals surface area contributed by atoms with Crippen molar-refractivity contribution < 1.29 is 33.6 Å². The van der Waals surface area contributed by atoms with E-state index in [9.17, 15) is 0 Å². The van der Waals surface area contributed by atoms with Crippen LogP contribution in [-0.4, -0.2) is 0 Å². The van der Waals surface area contributed by atoms with Crippen LogP contribution < -0.4 is 23.4 Å². The molecule has 1 aliphatic rings. The number of hydrogen-bond acceptors (Lipinski definition) is 6. The summed E-state index contributed by atoms with van der Waals surface area (Å²) in [7, 11) is -4.94. The SMILES string of the molecule is [O-][Cl+3]([O-])([O-])[O-].c1ccc2c(c1)Oc1ccccc1[S+]2. The quantitative estimate of drug-likeness (QED) is 0.470. The second-order valence-electron chi connectivity index (χ2n) is 3.48. The Bertz CT molecular complexity index is 477. The first-order chi connectivity index (χ1) is 8.93. The summed E-state index contributed by atoms with van der Waals surface area (Å²) in [5.41, 5.74) is 0. The smallest absolute Gasteiger partial charge is 0.292 e. The highest BCUT2D eigenvalue weighted by Crippen LogP contribution is 2.37. The van der Waals surface area contributed by atoms with Gasteiger partial charge in [0.15, 0.2) is 11.5 Å². The summed E-state index contributed by atoms with van der Waals surface area (Å²) in [6, 6.07) is 16.2. The van der Waals surface area contributed by atoms with Gasteiger partial charge in [-0.3, -0.25) is 0 Å². The van der Waals surface area contributed by atoms with E-state index in [-0.39, 0.29) is 0 Å². The Morgan fingerprint density at radius 1 is 0.737 bits per heavy atom. The number of para-hydroxylation sites is 2. The second kappa shape index (κ2) is 5.79. The van der Waals surface area contributed by atoms with Crippen LogP contribution in [0.5, 0.6) is 11.5 Å². The molecule has 0 N–H and O–H groups in total. The van der Waals surface area contributed by atoms with Gasteiger partial charge in [0, 0.05) is 12.1 Å². The molecule has 7 heteroatoms. The van der Waals surface area contributed by atoms with Crippen LogP contribution in [-0.2, 0) is 11.8 Å². The highest BCUT2D eigenvalue weighted by Gasteiger charge is 2.29. The topological polar surface area (TPSA) is 101 Å². The minimum absolute atomic E-state index is 0.955. The van der Waals surface area contributed by atoms with Gasteiger partial charge in [-0.05, 0) is 12.1 Å². The lowest BCUT2D eigenvalue weighted by Crippen LogP contribution is -2.68. The Kier molecular flexibility index (Phi) is 4.31. The van der Waals surface area contributed by atoms with E-state index >= 15 is 0 Å². The molecular weight excluding hydrogens is 292 g/mol. The minimum Gasteiger partial charge on any atom is -0.446 e. The van der Waals surface area contributed by atoms with E-state index in [1.807, 2.05) is 36.4 Å². The highest BCUT2D eigenvalue weighted by atomic mass is 35.7. The fraction of sp³-hybridized carbons (Fsp3) is 0. The minimum atomic E-state index is -4.94. The molecule has 0 amide bonds. The average Bonchev–Trinajstić information content (AvgIpc) is 2.34. The van der Waals surface area contributed by atoms with E-state index in [1.165, 1.54) is 9.79 Å². The van der Waals surface area contributed by atoms with Gasteiger partial charge in [0.2, 0.25) is 0 Å². The van der Waals surface area contributed by atoms with Crippen LogP contribution >= 0.6 is 0 Å². The normalized spacial score (nSPS) is 12.4. The van der Waals surface area contributed by atoms with Crippen molar-refractivity contribution >= 4 is 11.8 Å². The Hall–Kier alpha value is -1.28. The van der Waals surface area contributed by atoms with E-state index in [0.29, 0.717) is 0 Å². The molecule has 5 nitrogen and oxygen atoms in total. The Morgan fingerprint density at radius 2 is 1.11 bits per heavy atom. The number of halogens is 1. The van der Waals surface area contributed by atoms with Crippen molar-refractivity contribution in [3.63, 3.8) is 0 Å². The molecule has 2 aromatic carbocycles. The molecule has 0 atom stereocenters. The van der Waals surface area contributed by atoms with E-state index in [0.717, 1.165) is 11.5 Å². The fourth-order valence-electron chi connectivity index (χ4n) is 1.47. The Morgan fingerprint density at radius 3 is 1.53 bits per heavy atom. The highest BCUT2D eigenvalue weighted by molar-refractivity contribution is 7.79. The van der Waals surface area contributed by atoms with Gasteiger partial charge >= 0.3 is 0 Å². The third-order valence-corrected chi connectivity index (χ3v) is 3.25. The average molecular weight is 300 g/mol. The first kappa shape index (κ1) is 14.1. The zero-order valence-electron chi connectivity index (χ0n) is 9.45. The summed E-state index contributed by atoms with van der Waals surface area (Å²) in [4.78, 5) is 2.37. The maximum Gasteiger partial charge on any atom is 0.292 e. The molecule has 0 fully saturated rings. The summed E-state index contributed by atoms with van der Waals surface area (Å²) in [5.74, 6) is 1.91. The second-order valence-corrected chi connectivity index (χ2v) is 5.32. The number of rotatable bonds is 0. The zero-order valence-corrected chi connectivity index (χ0v) is 11.0. The van der Waals surface area contributed by atoms with Gasteiger partial charge in [-0.2, -0.15) is 0 Å². The molecule has 19 heavy (non-hydrogen) atoms. The van der Waals surface area contributed by atoms with Crippen LogP contribution in [0.25, 0.3) is 0 Å². The molecule has 1 aliphatic heterocycles. The molecular formula is C12H8ClO5S. The van der Waals surface area contributed by atoms with E-state index < -0.39 is 10.2 Å². The van der Waals surface area contributed by atoms with Gasteiger partial charge < -0.3 is 4.74 Å². The van der Waals surface area contributed by atoms with Crippen molar-refractivity contribution in [3.8, 4) is 11.5 Å². The van der Waals surface area contributed by atoms with Crippen molar-refractivity contribution in [3.05, 3.63) is 48.5 Å². The van der Waals surface area contributed by atoms with Crippen LogP contribution in [0.2, 0.25) is 0 Å². The van der Waals surface area contributed by atoms with Crippen molar-refractivity contribution in [2.45, 2.75) is 9.79 Å². The molecule has 0 saturated heterocycles. The third kappa shape index (κ3) is 4.39. The number of benzene rings is 2. The first-order valence-electron chi connectivity index (χ1n) is 5.09. The lowest BCUT2D eigenvalue weighted by atomic mass is 10.3. The summed E-state index contributed by atoms with van der Waals surface area (Å²) < 4.78 is 39.7.